The van der Waals surface area contributed by atoms with Crippen molar-refractivity contribution in [3.8, 4) is 5.75 Å². The predicted molar refractivity (Wildman–Crippen MR) is 103 cm³/mol. The fourth-order valence-electron chi connectivity index (χ4n) is 3.84. The molecule has 3 atom stereocenters. The molecular formula is C19H26ClF2N3O3. The number of amides is 2. The zero-order valence-corrected chi connectivity index (χ0v) is 16.5. The molecule has 2 amide bonds. The highest BCUT2D eigenvalue weighted by Crippen LogP contribution is 2.26. The topological polar surface area (TPSA) is 70.7 Å². The van der Waals surface area contributed by atoms with Gasteiger partial charge in [-0.05, 0) is 51.3 Å². The van der Waals surface area contributed by atoms with E-state index in [9.17, 15) is 18.4 Å². The molecule has 1 aromatic rings. The minimum absolute atomic E-state index is 0. The van der Waals surface area contributed by atoms with E-state index in [1.54, 1.807) is 6.07 Å². The summed E-state index contributed by atoms with van der Waals surface area (Å²) >= 11 is 0. The van der Waals surface area contributed by atoms with E-state index >= 15 is 0 Å². The van der Waals surface area contributed by atoms with Gasteiger partial charge in [0.15, 0.2) is 0 Å². The van der Waals surface area contributed by atoms with Crippen molar-refractivity contribution in [1.29, 1.82) is 0 Å². The molecule has 2 saturated heterocycles. The molecule has 2 N–H and O–H groups in total. The van der Waals surface area contributed by atoms with Gasteiger partial charge in [-0.25, -0.2) is 0 Å². The van der Waals surface area contributed by atoms with E-state index in [2.05, 4.69) is 22.3 Å². The first kappa shape index (κ1) is 22.4. The van der Waals surface area contributed by atoms with Gasteiger partial charge >= 0.3 is 6.61 Å². The minimum Gasteiger partial charge on any atom is -0.434 e. The number of benzene rings is 1. The van der Waals surface area contributed by atoms with Gasteiger partial charge < -0.3 is 20.3 Å². The largest absolute Gasteiger partial charge is 0.434 e. The number of hydrogen-bond donors (Lipinski definition) is 2. The lowest BCUT2D eigenvalue weighted by Crippen LogP contribution is -2.52. The van der Waals surface area contributed by atoms with E-state index < -0.39 is 18.6 Å². The zero-order chi connectivity index (χ0) is 19.4. The Balaban J connectivity index is 0.00000280. The highest BCUT2D eigenvalue weighted by Gasteiger charge is 2.36. The first-order chi connectivity index (χ1) is 13.0. The summed E-state index contributed by atoms with van der Waals surface area (Å²) in [4.78, 5) is 27.1. The molecular weight excluding hydrogens is 392 g/mol. The third-order valence-corrected chi connectivity index (χ3v) is 5.12. The summed E-state index contributed by atoms with van der Waals surface area (Å²) in [5, 5.41) is 6.38. The van der Waals surface area contributed by atoms with Crippen LogP contribution in [0.2, 0.25) is 0 Å². The minimum atomic E-state index is -3.02. The lowest BCUT2D eigenvalue weighted by Gasteiger charge is -2.31. The number of nitrogens with zero attached hydrogens (tertiary/aromatic N) is 1. The van der Waals surface area contributed by atoms with Crippen LogP contribution >= 0.6 is 12.4 Å². The van der Waals surface area contributed by atoms with E-state index in [4.69, 9.17) is 0 Å². The number of carbonyl (C=O) groups excluding carboxylic acids is 2. The molecule has 2 aliphatic rings. The Labute approximate surface area is 169 Å². The highest BCUT2D eigenvalue weighted by atomic mass is 35.5. The third kappa shape index (κ3) is 5.32. The molecule has 2 fully saturated rings. The molecule has 0 aliphatic carbocycles. The smallest absolute Gasteiger partial charge is 0.387 e. The molecule has 3 unspecified atom stereocenters. The Morgan fingerprint density at radius 2 is 2.04 bits per heavy atom. The maximum absolute atomic E-state index is 12.9. The number of likely N-dealkylation sites (tertiary alicyclic amines) is 1. The summed E-state index contributed by atoms with van der Waals surface area (Å²) in [7, 11) is 0. The number of rotatable bonds is 5. The van der Waals surface area contributed by atoms with Crippen molar-refractivity contribution in [1.82, 2.24) is 15.5 Å². The number of para-hydroxylation sites is 1. The second-order valence-corrected chi connectivity index (χ2v) is 7.12. The van der Waals surface area contributed by atoms with Crippen molar-refractivity contribution in [2.75, 3.05) is 13.1 Å². The summed E-state index contributed by atoms with van der Waals surface area (Å²) < 4.78 is 29.7. The van der Waals surface area contributed by atoms with Crippen molar-refractivity contribution >= 4 is 24.2 Å². The number of alkyl halides is 2. The van der Waals surface area contributed by atoms with Gasteiger partial charge in [0.2, 0.25) is 5.91 Å². The van der Waals surface area contributed by atoms with E-state index in [1.807, 2.05) is 0 Å². The monoisotopic (exact) mass is 417 g/mol. The van der Waals surface area contributed by atoms with Crippen molar-refractivity contribution in [2.45, 2.75) is 57.3 Å². The normalized spacial score (nSPS) is 24.6. The van der Waals surface area contributed by atoms with Crippen molar-refractivity contribution in [2.24, 2.45) is 0 Å². The number of piperidine rings is 1. The van der Waals surface area contributed by atoms with E-state index in [0.717, 1.165) is 19.4 Å². The van der Waals surface area contributed by atoms with E-state index in [0.29, 0.717) is 25.4 Å². The Morgan fingerprint density at radius 3 is 2.75 bits per heavy atom. The molecule has 1 aromatic carbocycles. The lowest BCUT2D eigenvalue weighted by molar-refractivity contribution is -0.125. The van der Waals surface area contributed by atoms with Gasteiger partial charge in [-0.15, -0.1) is 12.4 Å². The van der Waals surface area contributed by atoms with Crippen LogP contribution in [0.5, 0.6) is 5.75 Å². The SMILES string of the molecule is CC1CC(NC(=O)C2CCCN2C(=O)c2ccccc2OC(F)F)CCN1.Cl. The van der Waals surface area contributed by atoms with Crippen LogP contribution in [0.15, 0.2) is 24.3 Å². The Kier molecular flexibility index (Phi) is 8.00. The van der Waals surface area contributed by atoms with Gasteiger partial charge in [-0.2, -0.15) is 8.78 Å². The molecule has 2 heterocycles. The Hall–Kier alpha value is -1.93. The van der Waals surface area contributed by atoms with Gasteiger partial charge in [0.05, 0.1) is 5.56 Å². The number of carbonyl (C=O) groups is 2. The molecule has 9 heteroatoms. The number of ether oxygens (including phenoxy) is 1. The fourth-order valence-corrected chi connectivity index (χ4v) is 3.84. The third-order valence-electron chi connectivity index (χ3n) is 5.12. The molecule has 0 radical (unpaired) electrons. The molecule has 2 aliphatic heterocycles. The second kappa shape index (κ2) is 10.0. The van der Waals surface area contributed by atoms with Gasteiger partial charge in [-0.3, -0.25) is 9.59 Å². The molecule has 0 aromatic heterocycles. The highest BCUT2D eigenvalue weighted by molar-refractivity contribution is 6.00. The molecule has 0 spiro atoms. The molecule has 0 bridgehead atoms. The maximum Gasteiger partial charge on any atom is 0.387 e. The van der Waals surface area contributed by atoms with Crippen molar-refractivity contribution in [3.63, 3.8) is 0 Å². The van der Waals surface area contributed by atoms with Crippen LogP contribution in [0.1, 0.15) is 43.0 Å². The summed E-state index contributed by atoms with van der Waals surface area (Å²) in [6, 6.07) is 5.74. The molecule has 28 heavy (non-hydrogen) atoms. The van der Waals surface area contributed by atoms with Crippen molar-refractivity contribution < 1.29 is 23.1 Å². The van der Waals surface area contributed by atoms with Crippen LogP contribution in [-0.2, 0) is 4.79 Å². The first-order valence-corrected chi connectivity index (χ1v) is 9.34. The van der Waals surface area contributed by atoms with Crippen LogP contribution in [-0.4, -0.2) is 54.5 Å². The van der Waals surface area contributed by atoms with E-state index in [1.165, 1.54) is 23.1 Å². The standard InChI is InChI=1S/C19H25F2N3O3.ClH/c1-12-11-13(8-9-22-12)23-17(25)15-6-4-10-24(15)18(26)14-5-2-3-7-16(14)27-19(20)21;/h2-3,5,7,12-13,15,19,22H,4,6,8-11H2,1H3,(H,23,25);1H. The van der Waals surface area contributed by atoms with Crippen LogP contribution < -0.4 is 15.4 Å². The van der Waals surface area contributed by atoms with Crippen molar-refractivity contribution in [3.05, 3.63) is 29.8 Å². The number of hydrogen-bond acceptors (Lipinski definition) is 4. The molecule has 156 valence electrons. The number of nitrogens with one attached hydrogen (secondary N) is 2. The summed E-state index contributed by atoms with van der Waals surface area (Å²) in [6.45, 7) is 0.322. The summed E-state index contributed by atoms with van der Waals surface area (Å²) in [5.41, 5.74) is 0.0491. The molecule has 3 rings (SSSR count). The lowest BCUT2D eigenvalue weighted by atomic mass is 10.00. The van der Waals surface area contributed by atoms with Crippen LogP contribution in [0.4, 0.5) is 8.78 Å². The summed E-state index contributed by atoms with van der Waals surface area (Å²) in [6.07, 6.45) is 2.96. The van der Waals surface area contributed by atoms with Gasteiger partial charge in [0.25, 0.3) is 5.91 Å². The average molecular weight is 418 g/mol. The van der Waals surface area contributed by atoms with Crippen LogP contribution in [0.3, 0.4) is 0 Å². The predicted octanol–water partition coefficient (Wildman–Crippen LogP) is 2.57. The van der Waals surface area contributed by atoms with Crippen LogP contribution in [0.25, 0.3) is 0 Å². The summed E-state index contributed by atoms with van der Waals surface area (Å²) in [5.74, 6) is -0.800. The van der Waals surface area contributed by atoms with Crippen LogP contribution in [0, 0.1) is 0 Å². The number of halogens is 3. The fraction of sp³-hybridized carbons (Fsp3) is 0.579. The molecule has 0 saturated carbocycles. The quantitative estimate of drug-likeness (QED) is 0.772. The second-order valence-electron chi connectivity index (χ2n) is 7.12. The molecule has 6 nitrogen and oxygen atoms in total. The first-order valence-electron chi connectivity index (χ1n) is 9.34. The average Bonchev–Trinajstić information content (AvgIpc) is 3.11. The van der Waals surface area contributed by atoms with E-state index in [-0.39, 0.29) is 35.7 Å². The van der Waals surface area contributed by atoms with Gasteiger partial charge in [-0.1, -0.05) is 12.1 Å². The zero-order valence-electron chi connectivity index (χ0n) is 15.7. The maximum atomic E-state index is 12.9. The Morgan fingerprint density at radius 1 is 1.29 bits per heavy atom. The van der Waals surface area contributed by atoms with Gasteiger partial charge in [0.1, 0.15) is 11.8 Å². The Bertz CT molecular complexity index is 692. The van der Waals surface area contributed by atoms with Gasteiger partial charge in [0, 0.05) is 18.6 Å².